The van der Waals surface area contributed by atoms with Crippen LogP contribution in [0.25, 0.3) is 0 Å². The Morgan fingerprint density at radius 1 is 1.21 bits per heavy atom. The number of hydrogen-bond donors (Lipinski definition) is 1. The van der Waals surface area contributed by atoms with Gasteiger partial charge in [-0.3, -0.25) is 14.6 Å². The Balaban J connectivity index is 1.70. The average Bonchev–Trinajstić information content (AvgIpc) is 2.93. The van der Waals surface area contributed by atoms with Gasteiger partial charge in [0.1, 0.15) is 11.4 Å². The first kappa shape index (κ1) is 21.4. The molecule has 1 aromatic rings. The number of halogens is 3. The molecule has 0 bridgehead atoms. The Bertz CT molecular complexity index is 837. The molecule has 1 aromatic carbocycles. The molecule has 1 unspecified atom stereocenters. The van der Waals surface area contributed by atoms with Crippen molar-refractivity contribution in [1.82, 2.24) is 15.1 Å². The largest absolute Gasteiger partial charge is 0.325 e. The zero-order valence-electron chi connectivity index (χ0n) is 16.7. The maximum atomic E-state index is 14.0. The molecule has 0 radical (unpaired) electrons. The first-order chi connectivity index (χ1) is 13.7. The van der Waals surface area contributed by atoms with Gasteiger partial charge in [0.2, 0.25) is 0 Å². The second kappa shape index (κ2) is 8.18. The van der Waals surface area contributed by atoms with Crippen molar-refractivity contribution in [3.8, 4) is 0 Å². The van der Waals surface area contributed by atoms with Gasteiger partial charge in [0.15, 0.2) is 11.6 Å². The number of carbonyl (C=O) groups is 2. The number of piperidine rings is 1. The van der Waals surface area contributed by atoms with Crippen LogP contribution in [0.1, 0.15) is 38.7 Å². The topological polar surface area (TPSA) is 52.7 Å². The monoisotopic (exact) mass is 409 g/mol. The SMILES string of the molecule is C=C(C)CN1C(=O)NC(CC)(C2CCN(Cc3c(F)ccc(F)c3F)CC2)C1=O. The highest BCUT2D eigenvalue weighted by atomic mass is 19.2. The Morgan fingerprint density at radius 3 is 2.41 bits per heavy atom. The number of carbonyl (C=O) groups excluding carboxylic acids is 2. The second-order valence-electron chi connectivity index (χ2n) is 7.98. The Morgan fingerprint density at radius 2 is 1.83 bits per heavy atom. The van der Waals surface area contributed by atoms with Gasteiger partial charge in [0.25, 0.3) is 5.91 Å². The highest BCUT2D eigenvalue weighted by Gasteiger charge is 2.54. The van der Waals surface area contributed by atoms with Crippen molar-refractivity contribution < 1.29 is 22.8 Å². The van der Waals surface area contributed by atoms with E-state index in [4.69, 9.17) is 0 Å². The molecule has 0 spiro atoms. The quantitative estimate of drug-likeness (QED) is 0.444. The molecular formula is C21H26F3N3O2. The zero-order chi connectivity index (χ0) is 21.3. The van der Waals surface area contributed by atoms with Crippen LogP contribution in [-0.4, -0.2) is 46.9 Å². The fourth-order valence-corrected chi connectivity index (χ4v) is 4.38. The number of rotatable bonds is 6. The average molecular weight is 409 g/mol. The molecule has 5 nitrogen and oxygen atoms in total. The molecule has 158 valence electrons. The molecule has 2 heterocycles. The number of benzene rings is 1. The smallest absolute Gasteiger partial charge is 0.323 e. The number of urea groups is 1. The lowest BCUT2D eigenvalue weighted by Crippen LogP contribution is -2.55. The summed E-state index contributed by atoms with van der Waals surface area (Å²) in [6, 6.07) is 1.29. The third kappa shape index (κ3) is 3.90. The van der Waals surface area contributed by atoms with E-state index in [-0.39, 0.29) is 30.5 Å². The van der Waals surface area contributed by atoms with Crippen LogP contribution < -0.4 is 5.32 Å². The molecule has 29 heavy (non-hydrogen) atoms. The van der Waals surface area contributed by atoms with Crippen LogP contribution in [0.2, 0.25) is 0 Å². The minimum atomic E-state index is -1.16. The van der Waals surface area contributed by atoms with E-state index in [0.717, 1.165) is 17.7 Å². The molecule has 8 heteroatoms. The van der Waals surface area contributed by atoms with E-state index < -0.39 is 29.0 Å². The van der Waals surface area contributed by atoms with E-state index in [2.05, 4.69) is 11.9 Å². The van der Waals surface area contributed by atoms with Crippen molar-refractivity contribution in [3.63, 3.8) is 0 Å². The first-order valence-corrected chi connectivity index (χ1v) is 9.82. The number of imide groups is 1. The van der Waals surface area contributed by atoms with Gasteiger partial charge < -0.3 is 5.32 Å². The summed E-state index contributed by atoms with van der Waals surface area (Å²) in [5, 5.41) is 2.89. The van der Waals surface area contributed by atoms with Crippen molar-refractivity contribution in [2.75, 3.05) is 19.6 Å². The van der Waals surface area contributed by atoms with Gasteiger partial charge in [-0.15, -0.1) is 0 Å². The van der Waals surface area contributed by atoms with Crippen molar-refractivity contribution in [2.45, 2.75) is 45.2 Å². The Kier molecular flexibility index (Phi) is 6.03. The van der Waals surface area contributed by atoms with Gasteiger partial charge in [0, 0.05) is 12.1 Å². The summed E-state index contributed by atoms with van der Waals surface area (Å²) in [6.07, 6.45) is 1.63. The molecule has 2 aliphatic heterocycles. The van der Waals surface area contributed by atoms with E-state index >= 15 is 0 Å². The summed E-state index contributed by atoms with van der Waals surface area (Å²) < 4.78 is 41.3. The third-order valence-corrected chi connectivity index (χ3v) is 5.99. The molecule has 0 aliphatic carbocycles. The molecule has 2 saturated heterocycles. The summed E-state index contributed by atoms with van der Waals surface area (Å²) in [5.74, 6) is -3.33. The number of likely N-dealkylation sites (tertiary alicyclic amines) is 1. The molecule has 1 N–H and O–H groups in total. The van der Waals surface area contributed by atoms with Crippen molar-refractivity contribution in [3.05, 3.63) is 47.3 Å². The summed E-state index contributed by atoms with van der Waals surface area (Å²) in [5.41, 5.74) is -0.533. The lowest BCUT2D eigenvalue weighted by Gasteiger charge is -2.40. The van der Waals surface area contributed by atoms with E-state index in [0.29, 0.717) is 32.4 Å². The number of amides is 3. The van der Waals surface area contributed by atoms with E-state index in [9.17, 15) is 22.8 Å². The van der Waals surface area contributed by atoms with Gasteiger partial charge in [-0.1, -0.05) is 19.1 Å². The molecule has 2 fully saturated rings. The van der Waals surface area contributed by atoms with Crippen LogP contribution >= 0.6 is 0 Å². The van der Waals surface area contributed by atoms with Gasteiger partial charge in [0.05, 0.1) is 6.54 Å². The summed E-state index contributed by atoms with van der Waals surface area (Å²) in [6.45, 7) is 8.53. The molecule has 2 aliphatic rings. The van der Waals surface area contributed by atoms with Gasteiger partial charge in [-0.25, -0.2) is 18.0 Å². The van der Waals surface area contributed by atoms with Crippen molar-refractivity contribution in [2.24, 2.45) is 5.92 Å². The number of nitrogens with zero attached hydrogens (tertiary/aromatic N) is 2. The van der Waals surface area contributed by atoms with E-state index in [1.54, 1.807) is 6.92 Å². The molecule has 0 saturated carbocycles. The Labute approximate surface area is 168 Å². The number of hydrogen-bond acceptors (Lipinski definition) is 3. The predicted molar refractivity (Wildman–Crippen MR) is 102 cm³/mol. The lowest BCUT2D eigenvalue weighted by molar-refractivity contribution is -0.134. The fraction of sp³-hybridized carbons (Fsp3) is 0.524. The predicted octanol–water partition coefficient (Wildman–Crippen LogP) is 3.59. The molecule has 0 aromatic heterocycles. The first-order valence-electron chi connectivity index (χ1n) is 9.82. The van der Waals surface area contributed by atoms with E-state index in [1.165, 1.54) is 4.90 Å². The maximum Gasteiger partial charge on any atom is 0.325 e. The van der Waals surface area contributed by atoms with Crippen LogP contribution in [0.5, 0.6) is 0 Å². The zero-order valence-corrected chi connectivity index (χ0v) is 16.7. The lowest BCUT2D eigenvalue weighted by atomic mass is 9.75. The molecule has 3 rings (SSSR count). The summed E-state index contributed by atoms with van der Waals surface area (Å²) in [7, 11) is 0. The molecular weight excluding hydrogens is 383 g/mol. The highest BCUT2D eigenvalue weighted by molar-refractivity contribution is 6.07. The van der Waals surface area contributed by atoms with Gasteiger partial charge in [-0.2, -0.15) is 0 Å². The highest BCUT2D eigenvalue weighted by Crippen LogP contribution is 2.36. The fourth-order valence-electron chi connectivity index (χ4n) is 4.38. The minimum Gasteiger partial charge on any atom is -0.323 e. The minimum absolute atomic E-state index is 0.0383. The summed E-state index contributed by atoms with van der Waals surface area (Å²) in [4.78, 5) is 28.5. The van der Waals surface area contributed by atoms with Crippen molar-refractivity contribution in [1.29, 1.82) is 0 Å². The third-order valence-electron chi connectivity index (χ3n) is 5.99. The van der Waals surface area contributed by atoms with Crippen LogP contribution in [0.3, 0.4) is 0 Å². The second-order valence-corrected chi connectivity index (χ2v) is 7.98. The normalized spacial score (nSPS) is 23.6. The van der Waals surface area contributed by atoms with E-state index in [1.807, 2.05) is 11.8 Å². The summed E-state index contributed by atoms with van der Waals surface area (Å²) >= 11 is 0. The van der Waals surface area contributed by atoms with Crippen LogP contribution in [-0.2, 0) is 11.3 Å². The van der Waals surface area contributed by atoms with Crippen molar-refractivity contribution >= 4 is 11.9 Å². The molecule has 3 amide bonds. The maximum absolute atomic E-state index is 14.0. The van der Waals surface area contributed by atoms with Crippen LogP contribution in [0.4, 0.5) is 18.0 Å². The van der Waals surface area contributed by atoms with Crippen LogP contribution in [0, 0.1) is 23.4 Å². The molecule has 1 atom stereocenters. The Hall–Kier alpha value is -2.35. The van der Waals surface area contributed by atoms with Crippen LogP contribution in [0.15, 0.2) is 24.3 Å². The van der Waals surface area contributed by atoms with Gasteiger partial charge >= 0.3 is 6.03 Å². The standard InChI is InChI=1S/C21H26F3N3O2/c1-4-21(19(28)27(11-13(2)3)20(29)25-21)14-7-9-26(10-8-14)12-15-16(22)5-6-17(23)18(15)24/h5-6,14H,2,4,7-12H2,1,3H3,(H,25,29). The number of nitrogens with one attached hydrogen (secondary N) is 1. The van der Waals surface area contributed by atoms with Gasteiger partial charge in [-0.05, 0) is 57.3 Å².